The van der Waals surface area contributed by atoms with Gasteiger partial charge in [-0.25, -0.2) is 4.98 Å². The Kier molecular flexibility index (Phi) is 5.11. The van der Waals surface area contributed by atoms with Crippen molar-refractivity contribution < 1.29 is 4.74 Å². The van der Waals surface area contributed by atoms with E-state index in [-0.39, 0.29) is 5.60 Å². The molecule has 2 rings (SSSR count). The van der Waals surface area contributed by atoms with Crippen molar-refractivity contribution in [2.24, 2.45) is 0 Å². The van der Waals surface area contributed by atoms with Crippen LogP contribution in [0.4, 0.5) is 0 Å². The molecule has 1 saturated heterocycles. The summed E-state index contributed by atoms with van der Waals surface area (Å²) in [6, 6.07) is 6.37. The van der Waals surface area contributed by atoms with Crippen molar-refractivity contribution in [1.82, 2.24) is 10.3 Å². The van der Waals surface area contributed by atoms with E-state index >= 15 is 0 Å². The van der Waals surface area contributed by atoms with Crippen LogP contribution in [0.2, 0.25) is 0 Å². The molecular formula is C16H23N3O. The zero-order valence-corrected chi connectivity index (χ0v) is 12.4. The van der Waals surface area contributed by atoms with E-state index < -0.39 is 0 Å². The Morgan fingerprint density at radius 1 is 1.50 bits per heavy atom. The number of pyridine rings is 1. The summed E-state index contributed by atoms with van der Waals surface area (Å²) in [7, 11) is 0. The second kappa shape index (κ2) is 6.83. The van der Waals surface area contributed by atoms with E-state index in [1.807, 2.05) is 12.1 Å². The van der Waals surface area contributed by atoms with Crippen LogP contribution < -0.4 is 5.32 Å². The van der Waals surface area contributed by atoms with Crippen LogP contribution >= 0.6 is 0 Å². The SMILES string of the molecule is CCC1(CC)CC(NCc2ccnc(C#N)c2)CCO1. The van der Waals surface area contributed by atoms with Crippen LogP contribution in [0.1, 0.15) is 50.8 Å². The molecule has 1 unspecified atom stereocenters. The topological polar surface area (TPSA) is 57.9 Å². The third-order valence-corrected chi connectivity index (χ3v) is 4.32. The molecule has 0 saturated carbocycles. The molecule has 20 heavy (non-hydrogen) atoms. The Morgan fingerprint density at radius 2 is 2.30 bits per heavy atom. The number of hydrogen-bond donors (Lipinski definition) is 1. The number of ether oxygens (including phenoxy) is 1. The quantitative estimate of drug-likeness (QED) is 0.896. The van der Waals surface area contributed by atoms with Gasteiger partial charge in [0.15, 0.2) is 0 Å². The zero-order valence-electron chi connectivity index (χ0n) is 12.4. The molecule has 4 nitrogen and oxygen atoms in total. The minimum atomic E-state index is 0.0476. The van der Waals surface area contributed by atoms with Gasteiger partial charge in [0.2, 0.25) is 0 Å². The summed E-state index contributed by atoms with van der Waals surface area (Å²) in [6.07, 6.45) is 5.95. The normalized spacial score (nSPS) is 21.4. The lowest BCUT2D eigenvalue weighted by Gasteiger charge is -2.40. The molecule has 0 aromatic carbocycles. The fraction of sp³-hybridized carbons (Fsp3) is 0.625. The van der Waals surface area contributed by atoms with Gasteiger partial charge in [0.05, 0.1) is 5.60 Å². The standard InChI is InChI=1S/C16H23N3O/c1-3-16(4-2)10-14(6-8-20-16)19-12-13-5-7-18-15(9-13)11-17/h5,7,9,14,19H,3-4,6,8,10,12H2,1-2H3. The van der Waals surface area contributed by atoms with Gasteiger partial charge >= 0.3 is 0 Å². The molecule has 1 aliphatic heterocycles. The van der Waals surface area contributed by atoms with Crippen LogP contribution in [0, 0.1) is 11.3 Å². The summed E-state index contributed by atoms with van der Waals surface area (Å²) in [5, 5.41) is 12.5. The molecule has 1 aromatic heterocycles. The van der Waals surface area contributed by atoms with Crippen LogP contribution in [-0.2, 0) is 11.3 Å². The second-order valence-electron chi connectivity index (χ2n) is 5.47. The van der Waals surface area contributed by atoms with Gasteiger partial charge in [-0.15, -0.1) is 0 Å². The van der Waals surface area contributed by atoms with Gasteiger partial charge in [0.1, 0.15) is 11.8 Å². The van der Waals surface area contributed by atoms with Crippen LogP contribution in [-0.4, -0.2) is 23.2 Å². The fourth-order valence-corrected chi connectivity index (χ4v) is 2.85. The minimum Gasteiger partial charge on any atom is -0.375 e. The molecule has 1 N–H and O–H groups in total. The molecule has 0 radical (unpaired) electrons. The van der Waals surface area contributed by atoms with E-state index in [4.69, 9.17) is 10.00 Å². The van der Waals surface area contributed by atoms with Crippen molar-refractivity contribution in [2.75, 3.05) is 6.61 Å². The molecule has 1 fully saturated rings. The average Bonchev–Trinajstić information content (AvgIpc) is 2.53. The molecule has 2 heterocycles. The van der Waals surface area contributed by atoms with E-state index in [9.17, 15) is 0 Å². The second-order valence-corrected chi connectivity index (χ2v) is 5.47. The first-order valence-electron chi connectivity index (χ1n) is 7.43. The molecule has 0 bridgehead atoms. The van der Waals surface area contributed by atoms with E-state index in [2.05, 4.69) is 30.2 Å². The third kappa shape index (κ3) is 3.56. The number of nitrogens with one attached hydrogen (secondary N) is 1. The van der Waals surface area contributed by atoms with Crippen molar-refractivity contribution in [3.63, 3.8) is 0 Å². The predicted octanol–water partition coefficient (Wildman–Crippen LogP) is 2.78. The summed E-state index contributed by atoms with van der Waals surface area (Å²) < 4.78 is 5.99. The molecule has 108 valence electrons. The predicted molar refractivity (Wildman–Crippen MR) is 78.1 cm³/mol. The van der Waals surface area contributed by atoms with E-state index in [0.29, 0.717) is 11.7 Å². The lowest BCUT2D eigenvalue weighted by atomic mass is 9.86. The van der Waals surface area contributed by atoms with Crippen LogP contribution in [0.15, 0.2) is 18.3 Å². The fourth-order valence-electron chi connectivity index (χ4n) is 2.85. The van der Waals surface area contributed by atoms with Crippen molar-refractivity contribution >= 4 is 0 Å². The number of rotatable bonds is 5. The van der Waals surface area contributed by atoms with Crippen LogP contribution in [0.5, 0.6) is 0 Å². The molecular weight excluding hydrogens is 250 g/mol. The molecule has 4 heteroatoms. The summed E-state index contributed by atoms with van der Waals surface area (Å²) in [4.78, 5) is 3.99. The van der Waals surface area contributed by atoms with Gasteiger partial charge in [0, 0.05) is 25.4 Å². The Labute approximate surface area is 121 Å². The van der Waals surface area contributed by atoms with Crippen molar-refractivity contribution in [1.29, 1.82) is 5.26 Å². The summed E-state index contributed by atoms with van der Waals surface area (Å²) in [5.41, 5.74) is 1.64. The summed E-state index contributed by atoms with van der Waals surface area (Å²) in [6.45, 7) is 6.02. The average molecular weight is 273 g/mol. The Hall–Kier alpha value is -1.44. The zero-order chi connectivity index (χ0) is 14.4. The minimum absolute atomic E-state index is 0.0476. The van der Waals surface area contributed by atoms with Crippen molar-refractivity contribution in [3.05, 3.63) is 29.6 Å². The third-order valence-electron chi connectivity index (χ3n) is 4.32. The van der Waals surface area contributed by atoms with E-state index in [0.717, 1.165) is 44.4 Å². The number of nitrogens with zero attached hydrogens (tertiary/aromatic N) is 2. The number of aromatic nitrogens is 1. The summed E-state index contributed by atoms with van der Waals surface area (Å²) >= 11 is 0. The first kappa shape index (κ1) is 15.0. The monoisotopic (exact) mass is 273 g/mol. The Balaban J connectivity index is 1.92. The lowest BCUT2D eigenvalue weighted by molar-refractivity contribution is -0.0932. The maximum absolute atomic E-state index is 8.86. The maximum atomic E-state index is 8.86. The Bertz CT molecular complexity index is 477. The molecule has 1 atom stereocenters. The molecule has 1 aliphatic rings. The van der Waals surface area contributed by atoms with Gasteiger partial charge in [-0.3, -0.25) is 0 Å². The highest BCUT2D eigenvalue weighted by atomic mass is 16.5. The van der Waals surface area contributed by atoms with Crippen LogP contribution in [0.3, 0.4) is 0 Å². The first-order chi connectivity index (χ1) is 9.71. The molecule has 0 amide bonds. The van der Waals surface area contributed by atoms with Crippen LogP contribution in [0.25, 0.3) is 0 Å². The Morgan fingerprint density at radius 3 is 3.00 bits per heavy atom. The molecule has 0 aliphatic carbocycles. The van der Waals surface area contributed by atoms with Gasteiger partial charge in [-0.1, -0.05) is 13.8 Å². The first-order valence-corrected chi connectivity index (χ1v) is 7.43. The van der Waals surface area contributed by atoms with Crippen molar-refractivity contribution in [3.8, 4) is 6.07 Å². The van der Waals surface area contributed by atoms with E-state index in [1.165, 1.54) is 0 Å². The highest BCUT2D eigenvalue weighted by molar-refractivity contribution is 5.25. The smallest absolute Gasteiger partial charge is 0.140 e. The van der Waals surface area contributed by atoms with Gasteiger partial charge in [-0.2, -0.15) is 5.26 Å². The molecule has 0 spiro atoms. The number of nitriles is 1. The highest BCUT2D eigenvalue weighted by Gasteiger charge is 2.34. The lowest BCUT2D eigenvalue weighted by Crippen LogP contribution is -2.46. The largest absolute Gasteiger partial charge is 0.375 e. The number of hydrogen-bond acceptors (Lipinski definition) is 4. The summed E-state index contributed by atoms with van der Waals surface area (Å²) in [5.74, 6) is 0. The molecule has 1 aromatic rings. The van der Waals surface area contributed by atoms with E-state index in [1.54, 1.807) is 6.20 Å². The van der Waals surface area contributed by atoms with Gasteiger partial charge in [-0.05, 0) is 43.4 Å². The maximum Gasteiger partial charge on any atom is 0.140 e. The van der Waals surface area contributed by atoms with Gasteiger partial charge in [0.25, 0.3) is 0 Å². The van der Waals surface area contributed by atoms with Gasteiger partial charge < -0.3 is 10.1 Å². The van der Waals surface area contributed by atoms with Crippen molar-refractivity contribution in [2.45, 2.75) is 57.7 Å². The highest BCUT2D eigenvalue weighted by Crippen LogP contribution is 2.31.